The summed E-state index contributed by atoms with van der Waals surface area (Å²) in [6.45, 7) is 6.52. The molecule has 0 saturated carbocycles. The van der Waals surface area contributed by atoms with Crippen molar-refractivity contribution in [3.8, 4) is 5.69 Å². The zero-order valence-corrected chi connectivity index (χ0v) is 13.4. The van der Waals surface area contributed by atoms with Crippen LogP contribution in [-0.2, 0) is 6.54 Å². The third kappa shape index (κ3) is 2.88. The van der Waals surface area contributed by atoms with Gasteiger partial charge < -0.3 is 5.32 Å². The van der Waals surface area contributed by atoms with E-state index in [0.717, 1.165) is 29.3 Å². The molecule has 3 aromatic rings. The number of carbonyl (C=O) groups excluding carboxylic acids is 1. The fourth-order valence-corrected chi connectivity index (χ4v) is 2.67. The van der Waals surface area contributed by atoms with Gasteiger partial charge in [0.2, 0.25) is 0 Å². The van der Waals surface area contributed by atoms with Crippen molar-refractivity contribution < 1.29 is 4.79 Å². The molecule has 0 aliphatic carbocycles. The Kier molecular flexibility index (Phi) is 3.97. The molecule has 1 N–H and O–H groups in total. The van der Waals surface area contributed by atoms with Crippen LogP contribution in [0, 0.1) is 13.8 Å². The maximum atomic E-state index is 12.6. The minimum Gasteiger partial charge on any atom is -0.322 e. The van der Waals surface area contributed by atoms with Gasteiger partial charge in [0.25, 0.3) is 5.91 Å². The number of rotatable bonds is 4. The normalized spacial score (nSPS) is 10.7. The van der Waals surface area contributed by atoms with E-state index in [2.05, 4.69) is 15.5 Å². The molecule has 0 aliphatic heterocycles. The van der Waals surface area contributed by atoms with Crippen molar-refractivity contribution in [2.75, 3.05) is 5.32 Å². The Bertz CT molecular complexity index is 833. The number of hydrogen-bond donors (Lipinski definition) is 1. The van der Waals surface area contributed by atoms with E-state index in [-0.39, 0.29) is 5.91 Å². The summed E-state index contributed by atoms with van der Waals surface area (Å²) in [6.07, 6.45) is 3.58. The summed E-state index contributed by atoms with van der Waals surface area (Å²) in [6, 6.07) is 9.44. The monoisotopic (exact) mass is 309 g/mol. The van der Waals surface area contributed by atoms with Crippen molar-refractivity contribution in [2.45, 2.75) is 27.3 Å². The molecule has 0 radical (unpaired) electrons. The second-order valence-electron chi connectivity index (χ2n) is 5.32. The number of hydrogen-bond acceptors (Lipinski definition) is 3. The molecule has 1 aromatic carbocycles. The number of anilines is 1. The second kappa shape index (κ2) is 6.08. The number of nitrogens with zero attached hydrogens (tertiary/aromatic N) is 4. The van der Waals surface area contributed by atoms with Gasteiger partial charge in [-0.15, -0.1) is 0 Å². The summed E-state index contributed by atoms with van der Waals surface area (Å²) in [5.41, 5.74) is 3.88. The molecule has 0 spiro atoms. The van der Waals surface area contributed by atoms with Gasteiger partial charge in [0.1, 0.15) is 0 Å². The molecule has 0 bridgehead atoms. The van der Waals surface area contributed by atoms with Crippen LogP contribution in [0.25, 0.3) is 5.69 Å². The summed E-state index contributed by atoms with van der Waals surface area (Å²) in [5.74, 6) is -0.141. The Labute approximate surface area is 134 Å². The first kappa shape index (κ1) is 15.0. The standard InChI is InChI=1S/C17H19N5O/c1-4-21-13(3)16(12(2)20-21)17(23)19-14-7-5-8-15(11-14)22-10-6-9-18-22/h5-11H,4H2,1-3H3,(H,19,23). The van der Waals surface area contributed by atoms with Crippen LogP contribution in [-0.4, -0.2) is 25.5 Å². The van der Waals surface area contributed by atoms with E-state index >= 15 is 0 Å². The predicted octanol–water partition coefficient (Wildman–Crippen LogP) is 2.96. The van der Waals surface area contributed by atoms with Crippen LogP contribution in [0.1, 0.15) is 28.7 Å². The lowest BCUT2D eigenvalue weighted by atomic mass is 10.1. The summed E-state index contributed by atoms with van der Waals surface area (Å²) in [4.78, 5) is 12.6. The highest BCUT2D eigenvalue weighted by molar-refractivity contribution is 6.05. The van der Waals surface area contributed by atoms with Crippen LogP contribution in [0.15, 0.2) is 42.7 Å². The Morgan fingerprint density at radius 3 is 2.74 bits per heavy atom. The summed E-state index contributed by atoms with van der Waals surface area (Å²) in [5, 5.41) is 11.5. The van der Waals surface area contributed by atoms with Crippen molar-refractivity contribution in [2.24, 2.45) is 0 Å². The van der Waals surface area contributed by atoms with E-state index < -0.39 is 0 Å². The third-order valence-electron chi connectivity index (χ3n) is 3.78. The fourth-order valence-electron chi connectivity index (χ4n) is 2.67. The molecule has 0 atom stereocenters. The van der Waals surface area contributed by atoms with E-state index in [9.17, 15) is 4.79 Å². The Morgan fingerprint density at radius 2 is 2.09 bits per heavy atom. The van der Waals surface area contributed by atoms with Gasteiger partial charge in [-0.1, -0.05) is 6.07 Å². The fraction of sp³-hybridized carbons (Fsp3) is 0.235. The smallest absolute Gasteiger partial charge is 0.259 e. The number of aryl methyl sites for hydroxylation is 2. The van der Waals surface area contributed by atoms with E-state index in [1.165, 1.54) is 0 Å². The van der Waals surface area contributed by atoms with Crippen LogP contribution in [0.2, 0.25) is 0 Å². The van der Waals surface area contributed by atoms with E-state index in [0.29, 0.717) is 5.56 Å². The molecule has 2 heterocycles. The second-order valence-corrected chi connectivity index (χ2v) is 5.32. The molecule has 118 valence electrons. The molecule has 23 heavy (non-hydrogen) atoms. The topological polar surface area (TPSA) is 64.7 Å². The molecule has 3 rings (SSSR count). The van der Waals surface area contributed by atoms with Gasteiger partial charge in [-0.3, -0.25) is 9.48 Å². The molecule has 6 heteroatoms. The van der Waals surface area contributed by atoms with Gasteiger partial charge in [-0.05, 0) is 45.0 Å². The maximum absolute atomic E-state index is 12.6. The SMILES string of the molecule is CCn1nc(C)c(C(=O)Nc2cccc(-n3cccn3)c2)c1C. The van der Waals surface area contributed by atoms with Crippen molar-refractivity contribution in [3.63, 3.8) is 0 Å². The lowest BCUT2D eigenvalue weighted by Gasteiger charge is -2.08. The third-order valence-corrected chi connectivity index (χ3v) is 3.78. The van der Waals surface area contributed by atoms with Gasteiger partial charge in [-0.25, -0.2) is 4.68 Å². The van der Waals surface area contributed by atoms with Crippen molar-refractivity contribution in [3.05, 3.63) is 59.7 Å². The molecular formula is C17H19N5O. The van der Waals surface area contributed by atoms with Crippen LogP contribution >= 0.6 is 0 Å². The number of benzene rings is 1. The number of aromatic nitrogens is 4. The molecule has 1 amide bonds. The van der Waals surface area contributed by atoms with Crippen molar-refractivity contribution in [1.82, 2.24) is 19.6 Å². The van der Waals surface area contributed by atoms with Gasteiger partial charge in [0, 0.05) is 30.3 Å². The zero-order valence-electron chi connectivity index (χ0n) is 13.4. The van der Waals surface area contributed by atoms with Gasteiger partial charge >= 0.3 is 0 Å². The molecule has 0 saturated heterocycles. The number of nitrogens with one attached hydrogen (secondary N) is 1. The maximum Gasteiger partial charge on any atom is 0.259 e. The van der Waals surface area contributed by atoms with Crippen LogP contribution < -0.4 is 5.32 Å². The summed E-state index contributed by atoms with van der Waals surface area (Å²) in [7, 11) is 0. The predicted molar refractivity (Wildman–Crippen MR) is 88.9 cm³/mol. The van der Waals surface area contributed by atoms with Gasteiger partial charge in [0.15, 0.2) is 0 Å². The first-order valence-corrected chi connectivity index (χ1v) is 7.55. The van der Waals surface area contributed by atoms with Crippen LogP contribution in [0.5, 0.6) is 0 Å². The van der Waals surface area contributed by atoms with Gasteiger partial charge in [-0.2, -0.15) is 10.2 Å². The Morgan fingerprint density at radius 1 is 1.26 bits per heavy atom. The molecule has 0 fully saturated rings. The summed E-state index contributed by atoms with van der Waals surface area (Å²) >= 11 is 0. The Hall–Kier alpha value is -2.89. The molecule has 0 unspecified atom stereocenters. The highest BCUT2D eigenvalue weighted by Crippen LogP contribution is 2.18. The molecule has 0 aliphatic rings. The van der Waals surface area contributed by atoms with E-state index in [4.69, 9.17) is 0 Å². The quantitative estimate of drug-likeness (QED) is 0.806. The minimum atomic E-state index is -0.141. The first-order valence-electron chi connectivity index (χ1n) is 7.55. The molecule has 2 aromatic heterocycles. The summed E-state index contributed by atoms with van der Waals surface area (Å²) < 4.78 is 3.59. The lowest BCUT2D eigenvalue weighted by Crippen LogP contribution is -2.14. The van der Waals surface area contributed by atoms with Crippen LogP contribution in [0.3, 0.4) is 0 Å². The molecule has 6 nitrogen and oxygen atoms in total. The average Bonchev–Trinajstić information content (AvgIpc) is 3.15. The van der Waals surface area contributed by atoms with E-state index in [1.807, 2.05) is 62.0 Å². The number of amides is 1. The highest BCUT2D eigenvalue weighted by Gasteiger charge is 2.18. The molecular weight excluding hydrogens is 290 g/mol. The van der Waals surface area contributed by atoms with Crippen molar-refractivity contribution in [1.29, 1.82) is 0 Å². The van der Waals surface area contributed by atoms with E-state index in [1.54, 1.807) is 10.9 Å². The minimum absolute atomic E-state index is 0.141. The first-order chi connectivity index (χ1) is 11.1. The average molecular weight is 309 g/mol. The number of carbonyl (C=O) groups is 1. The lowest BCUT2D eigenvalue weighted by molar-refractivity contribution is 0.102. The Balaban J connectivity index is 1.86. The van der Waals surface area contributed by atoms with Gasteiger partial charge in [0.05, 0.1) is 16.9 Å². The van der Waals surface area contributed by atoms with Crippen molar-refractivity contribution >= 4 is 11.6 Å². The van der Waals surface area contributed by atoms with Crippen LogP contribution in [0.4, 0.5) is 5.69 Å². The highest BCUT2D eigenvalue weighted by atomic mass is 16.1. The zero-order chi connectivity index (χ0) is 16.4. The largest absolute Gasteiger partial charge is 0.322 e.